The molecule has 1 fully saturated rings. The van der Waals surface area contributed by atoms with Gasteiger partial charge in [-0.05, 0) is 23.8 Å². The van der Waals surface area contributed by atoms with E-state index in [4.69, 9.17) is 21.1 Å². The number of hydrogen-bond acceptors (Lipinski definition) is 4. The van der Waals surface area contributed by atoms with Crippen LogP contribution in [0.25, 0.3) is 0 Å². The lowest BCUT2D eigenvalue weighted by Crippen LogP contribution is -2.23. The van der Waals surface area contributed by atoms with E-state index in [0.29, 0.717) is 41.7 Å². The fourth-order valence-electron chi connectivity index (χ4n) is 3.70. The molecule has 144 valence electrons. The average Bonchev–Trinajstić information content (AvgIpc) is 3.05. The second kappa shape index (κ2) is 8.15. The van der Waals surface area contributed by atoms with Crippen molar-refractivity contribution in [3.63, 3.8) is 0 Å². The molecule has 2 aromatic rings. The van der Waals surface area contributed by atoms with Gasteiger partial charge >= 0.3 is 5.97 Å². The third kappa shape index (κ3) is 4.17. The van der Waals surface area contributed by atoms with Crippen molar-refractivity contribution in [3.8, 4) is 11.5 Å². The molecule has 3 rings (SSSR count). The molecule has 5 nitrogen and oxygen atoms in total. The number of hydrogen-bond donors (Lipinski definition) is 1. The van der Waals surface area contributed by atoms with E-state index < -0.39 is 11.9 Å². The first-order chi connectivity index (χ1) is 12.9. The molecule has 0 aromatic heterocycles. The Morgan fingerprint density at radius 3 is 2.67 bits per heavy atom. The van der Waals surface area contributed by atoms with Crippen LogP contribution in [-0.2, 0) is 11.3 Å². The molecule has 1 aliphatic heterocycles. The van der Waals surface area contributed by atoms with Crippen molar-refractivity contribution in [2.75, 3.05) is 27.3 Å². The van der Waals surface area contributed by atoms with Gasteiger partial charge in [0.2, 0.25) is 0 Å². The number of benzene rings is 2. The second-order valence-electron chi connectivity index (χ2n) is 6.60. The van der Waals surface area contributed by atoms with Gasteiger partial charge in [0, 0.05) is 42.2 Å². The lowest BCUT2D eigenvalue weighted by atomic mass is 9.89. The van der Waals surface area contributed by atoms with Gasteiger partial charge in [0.1, 0.15) is 5.82 Å². The number of carboxylic acid groups (broad SMARTS) is 1. The number of halogens is 2. The van der Waals surface area contributed by atoms with E-state index in [1.165, 1.54) is 19.2 Å². The molecule has 2 aromatic carbocycles. The zero-order valence-electron chi connectivity index (χ0n) is 15.1. The minimum Gasteiger partial charge on any atom is -0.493 e. The first-order valence-electron chi connectivity index (χ1n) is 8.54. The highest BCUT2D eigenvalue weighted by atomic mass is 35.5. The van der Waals surface area contributed by atoms with Crippen LogP contribution in [0.15, 0.2) is 36.4 Å². The molecule has 1 aliphatic rings. The van der Waals surface area contributed by atoms with Crippen LogP contribution >= 0.6 is 11.6 Å². The van der Waals surface area contributed by atoms with Gasteiger partial charge in [-0.15, -0.1) is 0 Å². The summed E-state index contributed by atoms with van der Waals surface area (Å²) in [5.41, 5.74) is 1.51. The molecule has 1 heterocycles. The monoisotopic (exact) mass is 393 g/mol. The molecule has 0 amide bonds. The molecule has 0 unspecified atom stereocenters. The minimum atomic E-state index is -0.887. The fraction of sp³-hybridized carbons (Fsp3) is 0.350. The Kier molecular flexibility index (Phi) is 5.87. The molecule has 1 saturated heterocycles. The number of nitrogens with zero attached hydrogens (tertiary/aromatic N) is 1. The van der Waals surface area contributed by atoms with Crippen molar-refractivity contribution >= 4 is 17.6 Å². The summed E-state index contributed by atoms with van der Waals surface area (Å²) in [7, 11) is 3.09. The average molecular weight is 394 g/mol. The number of likely N-dealkylation sites (tertiary alicyclic amines) is 1. The van der Waals surface area contributed by atoms with E-state index in [-0.39, 0.29) is 11.7 Å². The van der Waals surface area contributed by atoms with Gasteiger partial charge in [-0.25, -0.2) is 4.39 Å². The number of rotatable bonds is 6. The van der Waals surface area contributed by atoms with Crippen LogP contribution in [0.2, 0.25) is 5.02 Å². The van der Waals surface area contributed by atoms with Crippen LogP contribution in [0.1, 0.15) is 17.0 Å². The van der Waals surface area contributed by atoms with Crippen molar-refractivity contribution in [1.29, 1.82) is 0 Å². The van der Waals surface area contributed by atoms with Crippen LogP contribution < -0.4 is 9.47 Å². The maximum Gasteiger partial charge on any atom is 0.308 e. The summed E-state index contributed by atoms with van der Waals surface area (Å²) in [6, 6.07) is 9.60. The summed E-state index contributed by atoms with van der Waals surface area (Å²) in [6.07, 6.45) is 0. The van der Waals surface area contributed by atoms with Crippen LogP contribution in [0.4, 0.5) is 4.39 Å². The molecular weight excluding hydrogens is 373 g/mol. The highest BCUT2D eigenvalue weighted by molar-refractivity contribution is 6.30. The largest absolute Gasteiger partial charge is 0.493 e. The molecule has 0 saturated carbocycles. The summed E-state index contributed by atoms with van der Waals surface area (Å²) in [5.74, 6) is -1.05. The molecule has 0 radical (unpaired) electrons. The highest BCUT2D eigenvalue weighted by Crippen LogP contribution is 2.38. The summed E-state index contributed by atoms with van der Waals surface area (Å²) in [5, 5.41) is 10.2. The quantitative estimate of drug-likeness (QED) is 0.809. The maximum absolute atomic E-state index is 13.6. The Labute approximate surface area is 162 Å². The van der Waals surface area contributed by atoms with E-state index in [2.05, 4.69) is 0 Å². The van der Waals surface area contributed by atoms with Crippen molar-refractivity contribution in [1.82, 2.24) is 4.90 Å². The highest BCUT2D eigenvalue weighted by Gasteiger charge is 2.39. The number of carbonyl (C=O) groups is 1. The Hall–Kier alpha value is -2.31. The number of aliphatic carboxylic acids is 1. The lowest BCUT2D eigenvalue weighted by Gasteiger charge is -2.19. The second-order valence-corrected chi connectivity index (χ2v) is 7.04. The SMILES string of the molecule is COc1cc(Cl)cc(CN2C[C@H](C(=O)O)[C@@H](c3cccc(F)c3)C2)c1OC. The Morgan fingerprint density at radius 1 is 1.26 bits per heavy atom. The third-order valence-corrected chi connectivity index (χ3v) is 5.12. The molecule has 0 bridgehead atoms. The summed E-state index contributed by atoms with van der Waals surface area (Å²) < 4.78 is 24.4. The van der Waals surface area contributed by atoms with E-state index in [1.807, 2.05) is 4.90 Å². The third-order valence-electron chi connectivity index (χ3n) is 4.90. The molecule has 2 atom stereocenters. The van der Waals surface area contributed by atoms with Gasteiger partial charge in [-0.2, -0.15) is 0 Å². The standard InChI is InChI=1S/C20H21ClFNO4/c1-26-18-8-14(21)6-13(19(18)27-2)9-23-10-16(17(11-23)20(24)25)12-4-3-5-15(22)7-12/h3-8,16-17H,9-11H2,1-2H3,(H,24,25)/t16-,17+/m1/s1. The lowest BCUT2D eigenvalue weighted by molar-refractivity contribution is -0.141. The van der Waals surface area contributed by atoms with Crippen molar-refractivity contribution in [2.24, 2.45) is 5.92 Å². The Balaban J connectivity index is 1.87. The zero-order chi connectivity index (χ0) is 19.6. The smallest absolute Gasteiger partial charge is 0.308 e. The molecule has 0 aliphatic carbocycles. The van der Waals surface area contributed by atoms with Crippen LogP contribution in [0, 0.1) is 11.7 Å². The Morgan fingerprint density at radius 2 is 2.04 bits per heavy atom. The van der Waals surface area contributed by atoms with E-state index in [9.17, 15) is 14.3 Å². The van der Waals surface area contributed by atoms with Crippen molar-refractivity contribution in [3.05, 3.63) is 58.4 Å². The van der Waals surface area contributed by atoms with Crippen molar-refractivity contribution < 1.29 is 23.8 Å². The summed E-state index contributed by atoms with van der Waals surface area (Å²) >= 11 is 6.17. The zero-order valence-corrected chi connectivity index (χ0v) is 15.9. The van der Waals surface area contributed by atoms with Gasteiger partial charge in [0.25, 0.3) is 0 Å². The summed E-state index contributed by atoms with van der Waals surface area (Å²) in [6.45, 7) is 1.31. The molecule has 7 heteroatoms. The molecule has 0 spiro atoms. The topological polar surface area (TPSA) is 59.0 Å². The van der Waals surface area contributed by atoms with Crippen LogP contribution in [0.5, 0.6) is 11.5 Å². The maximum atomic E-state index is 13.6. The first-order valence-corrected chi connectivity index (χ1v) is 8.91. The van der Waals surface area contributed by atoms with Gasteiger partial charge in [0.05, 0.1) is 20.1 Å². The Bertz CT molecular complexity index is 845. The van der Waals surface area contributed by atoms with Crippen LogP contribution in [-0.4, -0.2) is 43.3 Å². The fourth-order valence-corrected chi connectivity index (χ4v) is 3.93. The van der Waals surface area contributed by atoms with E-state index in [1.54, 1.807) is 31.4 Å². The molecular formula is C20H21ClFNO4. The van der Waals surface area contributed by atoms with Gasteiger partial charge in [-0.1, -0.05) is 23.7 Å². The van der Waals surface area contributed by atoms with Crippen LogP contribution in [0.3, 0.4) is 0 Å². The number of carboxylic acids is 1. The summed E-state index contributed by atoms with van der Waals surface area (Å²) in [4.78, 5) is 13.8. The van der Waals surface area contributed by atoms with Gasteiger partial charge in [0.15, 0.2) is 11.5 Å². The number of methoxy groups -OCH3 is 2. The van der Waals surface area contributed by atoms with E-state index >= 15 is 0 Å². The predicted octanol–water partition coefficient (Wildman–Crippen LogP) is 3.80. The molecule has 1 N–H and O–H groups in total. The number of ether oxygens (including phenoxy) is 2. The van der Waals surface area contributed by atoms with E-state index in [0.717, 1.165) is 5.56 Å². The van der Waals surface area contributed by atoms with Gasteiger partial charge in [-0.3, -0.25) is 9.69 Å². The predicted molar refractivity (Wildman–Crippen MR) is 100 cm³/mol. The minimum absolute atomic E-state index is 0.287. The van der Waals surface area contributed by atoms with Crippen molar-refractivity contribution in [2.45, 2.75) is 12.5 Å². The normalized spacial score (nSPS) is 19.9. The van der Waals surface area contributed by atoms with Gasteiger partial charge < -0.3 is 14.6 Å². The molecule has 27 heavy (non-hydrogen) atoms. The first kappa shape index (κ1) is 19.5.